The first-order valence-electron chi connectivity index (χ1n) is 4.88. The Kier molecular flexibility index (Phi) is 2.58. The van der Waals surface area contributed by atoms with Gasteiger partial charge >= 0.3 is 0 Å². The van der Waals surface area contributed by atoms with E-state index in [1.54, 1.807) is 19.5 Å². The van der Waals surface area contributed by atoms with Gasteiger partial charge in [-0.05, 0) is 6.92 Å². The van der Waals surface area contributed by atoms with Gasteiger partial charge in [-0.25, -0.2) is 9.97 Å². The maximum Gasteiger partial charge on any atom is 0.225 e. The number of hydrogen-bond donors (Lipinski definition) is 1. The molecule has 1 aromatic rings. The standard InChI is InChI=1S/C10H15N3O2/c1-10(14)6-13(7-10)9-11-3-8(4-12-9)5-15-2/h3-4,14H,5-7H2,1-2H3. The summed E-state index contributed by atoms with van der Waals surface area (Å²) in [5.74, 6) is 0.668. The van der Waals surface area contributed by atoms with Gasteiger partial charge in [0.1, 0.15) is 0 Å². The fourth-order valence-corrected chi connectivity index (χ4v) is 1.67. The summed E-state index contributed by atoms with van der Waals surface area (Å²) < 4.78 is 4.97. The second-order valence-electron chi connectivity index (χ2n) is 4.18. The molecule has 0 radical (unpaired) electrons. The van der Waals surface area contributed by atoms with Gasteiger partial charge in [0.25, 0.3) is 0 Å². The van der Waals surface area contributed by atoms with Gasteiger partial charge in [0.2, 0.25) is 5.95 Å². The third-order valence-electron chi connectivity index (χ3n) is 2.35. The number of aromatic nitrogens is 2. The van der Waals surface area contributed by atoms with E-state index in [0.29, 0.717) is 25.6 Å². The third kappa shape index (κ3) is 2.24. The van der Waals surface area contributed by atoms with Crippen LogP contribution in [0.4, 0.5) is 5.95 Å². The summed E-state index contributed by atoms with van der Waals surface area (Å²) in [6.07, 6.45) is 3.50. The van der Waals surface area contributed by atoms with Crippen LogP contribution >= 0.6 is 0 Å². The van der Waals surface area contributed by atoms with Crippen molar-refractivity contribution in [1.82, 2.24) is 9.97 Å². The molecular weight excluding hydrogens is 194 g/mol. The highest BCUT2D eigenvalue weighted by Gasteiger charge is 2.37. The summed E-state index contributed by atoms with van der Waals surface area (Å²) in [4.78, 5) is 10.4. The first-order valence-corrected chi connectivity index (χ1v) is 4.88. The van der Waals surface area contributed by atoms with E-state index < -0.39 is 5.60 Å². The monoisotopic (exact) mass is 209 g/mol. The predicted octanol–water partition coefficient (Wildman–Crippen LogP) is 0.194. The lowest BCUT2D eigenvalue weighted by Crippen LogP contribution is -2.60. The van der Waals surface area contributed by atoms with Crippen LogP contribution in [0.2, 0.25) is 0 Å². The van der Waals surface area contributed by atoms with Crippen LogP contribution < -0.4 is 4.90 Å². The first-order chi connectivity index (χ1) is 7.11. The minimum atomic E-state index is -0.589. The van der Waals surface area contributed by atoms with E-state index in [-0.39, 0.29) is 0 Å². The zero-order valence-electron chi connectivity index (χ0n) is 8.97. The van der Waals surface area contributed by atoms with Crippen LogP contribution in [-0.4, -0.2) is 40.9 Å². The van der Waals surface area contributed by atoms with E-state index in [2.05, 4.69) is 9.97 Å². The van der Waals surface area contributed by atoms with Crippen LogP contribution in [0.1, 0.15) is 12.5 Å². The SMILES string of the molecule is COCc1cnc(N2CC(C)(O)C2)nc1. The van der Waals surface area contributed by atoms with Gasteiger partial charge in [0.05, 0.1) is 25.3 Å². The Morgan fingerprint density at radius 3 is 2.53 bits per heavy atom. The molecule has 1 aromatic heterocycles. The second kappa shape index (κ2) is 3.75. The van der Waals surface area contributed by atoms with E-state index >= 15 is 0 Å². The average molecular weight is 209 g/mol. The smallest absolute Gasteiger partial charge is 0.225 e. The summed E-state index contributed by atoms with van der Waals surface area (Å²) in [6, 6.07) is 0. The Morgan fingerprint density at radius 1 is 1.47 bits per heavy atom. The number of β-amino-alcohol motifs (C(OH)–C–C–N with tert-alkyl or cyclic N) is 1. The molecule has 0 atom stereocenters. The summed E-state index contributed by atoms with van der Waals surface area (Å²) in [5, 5.41) is 9.57. The molecular formula is C10H15N3O2. The summed E-state index contributed by atoms with van der Waals surface area (Å²) in [5.41, 5.74) is 0.364. The summed E-state index contributed by atoms with van der Waals surface area (Å²) in [7, 11) is 1.64. The molecule has 82 valence electrons. The van der Waals surface area contributed by atoms with Crippen LogP contribution in [0.15, 0.2) is 12.4 Å². The van der Waals surface area contributed by atoms with Crippen molar-refractivity contribution in [1.29, 1.82) is 0 Å². The third-order valence-corrected chi connectivity index (χ3v) is 2.35. The van der Waals surface area contributed by atoms with Gasteiger partial charge in [-0.15, -0.1) is 0 Å². The Labute approximate surface area is 88.7 Å². The molecule has 0 spiro atoms. The van der Waals surface area contributed by atoms with Crippen molar-refractivity contribution >= 4 is 5.95 Å². The molecule has 1 saturated heterocycles. The van der Waals surface area contributed by atoms with Crippen molar-refractivity contribution < 1.29 is 9.84 Å². The molecule has 0 aromatic carbocycles. The van der Waals surface area contributed by atoms with Crippen LogP contribution in [-0.2, 0) is 11.3 Å². The molecule has 2 rings (SSSR count). The quantitative estimate of drug-likeness (QED) is 0.770. The van der Waals surface area contributed by atoms with E-state index in [4.69, 9.17) is 4.74 Å². The Hall–Kier alpha value is -1.20. The van der Waals surface area contributed by atoms with E-state index in [1.165, 1.54) is 0 Å². The lowest BCUT2D eigenvalue weighted by atomic mass is 9.98. The first kappa shape index (κ1) is 10.3. The molecule has 5 heteroatoms. The van der Waals surface area contributed by atoms with Crippen LogP contribution in [0.25, 0.3) is 0 Å². The largest absolute Gasteiger partial charge is 0.386 e. The molecule has 0 saturated carbocycles. The fourth-order valence-electron chi connectivity index (χ4n) is 1.67. The van der Waals surface area contributed by atoms with Gasteiger partial charge in [0.15, 0.2) is 0 Å². The molecule has 5 nitrogen and oxygen atoms in total. The van der Waals surface area contributed by atoms with Gasteiger partial charge in [-0.3, -0.25) is 0 Å². The molecule has 15 heavy (non-hydrogen) atoms. The summed E-state index contributed by atoms with van der Waals surface area (Å²) in [6.45, 7) is 3.52. The molecule has 0 aliphatic carbocycles. The van der Waals surface area contributed by atoms with E-state index in [9.17, 15) is 5.11 Å². The molecule has 1 aliphatic heterocycles. The van der Waals surface area contributed by atoms with Gasteiger partial charge in [-0.2, -0.15) is 0 Å². The van der Waals surface area contributed by atoms with Gasteiger partial charge in [-0.1, -0.05) is 0 Å². The highest BCUT2D eigenvalue weighted by atomic mass is 16.5. The van der Waals surface area contributed by atoms with Crippen molar-refractivity contribution in [3.63, 3.8) is 0 Å². The summed E-state index contributed by atoms with van der Waals surface area (Å²) >= 11 is 0. The van der Waals surface area contributed by atoms with Crippen LogP contribution in [0, 0.1) is 0 Å². The number of anilines is 1. The minimum absolute atomic E-state index is 0.526. The molecule has 1 fully saturated rings. The number of aliphatic hydroxyl groups is 1. The lowest BCUT2D eigenvalue weighted by Gasteiger charge is -2.44. The van der Waals surface area contributed by atoms with Crippen LogP contribution in [0.5, 0.6) is 0 Å². The molecule has 0 amide bonds. The highest BCUT2D eigenvalue weighted by molar-refractivity contribution is 5.36. The molecule has 2 heterocycles. The van der Waals surface area contributed by atoms with Crippen molar-refractivity contribution in [2.24, 2.45) is 0 Å². The zero-order chi connectivity index (χ0) is 10.9. The normalized spacial score (nSPS) is 18.7. The van der Waals surface area contributed by atoms with Crippen molar-refractivity contribution in [3.8, 4) is 0 Å². The van der Waals surface area contributed by atoms with Crippen molar-refractivity contribution in [3.05, 3.63) is 18.0 Å². The number of hydrogen-bond acceptors (Lipinski definition) is 5. The average Bonchev–Trinajstić information content (AvgIpc) is 2.16. The maximum atomic E-state index is 9.57. The van der Waals surface area contributed by atoms with Crippen molar-refractivity contribution in [2.75, 3.05) is 25.1 Å². The molecule has 1 aliphatic rings. The number of rotatable bonds is 3. The number of nitrogens with zero attached hydrogens (tertiary/aromatic N) is 3. The van der Waals surface area contributed by atoms with Crippen molar-refractivity contribution in [2.45, 2.75) is 19.1 Å². The molecule has 0 bridgehead atoms. The highest BCUT2D eigenvalue weighted by Crippen LogP contribution is 2.23. The van der Waals surface area contributed by atoms with Gasteiger partial charge < -0.3 is 14.7 Å². The van der Waals surface area contributed by atoms with E-state index in [1.807, 2.05) is 11.8 Å². The topological polar surface area (TPSA) is 58.5 Å². The van der Waals surface area contributed by atoms with E-state index in [0.717, 1.165) is 5.56 Å². The fraction of sp³-hybridized carbons (Fsp3) is 0.600. The van der Waals surface area contributed by atoms with Gasteiger partial charge in [0, 0.05) is 25.1 Å². The Bertz CT molecular complexity index is 329. The Morgan fingerprint density at radius 2 is 2.07 bits per heavy atom. The van der Waals surface area contributed by atoms with Crippen LogP contribution in [0.3, 0.4) is 0 Å². The zero-order valence-corrected chi connectivity index (χ0v) is 8.97. The minimum Gasteiger partial charge on any atom is -0.386 e. The number of methoxy groups -OCH3 is 1. The number of ether oxygens (including phenoxy) is 1. The molecule has 1 N–H and O–H groups in total. The lowest BCUT2D eigenvalue weighted by molar-refractivity contribution is 0.0299. The Balaban J connectivity index is 1.99. The molecule has 0 unspecified atom stereocenters. The maximum absolute atomic E-state index is 9.57. The second-order valence-corrected chi connectivity index (χ2v) is 4.18. The predicted molar refractivity (Wildman–Crippen MR) is 55.6 cm³/mol.